The molecule has 0 aromatic heterocycles. The lowest BCUT2D eigenvalue weighted by atomic mass is 9.79. The van der Waals surface area contributed by atoms with Crippen LogP contribution in [0.25, 0.3) is 0 Å². The summed E-state index contributed by atoms with van der Waals surface area (Å²) < 4.78 is 0. The fourth-order valence-corrected chi connectivity index (χ4v) is 2.50. The van der Waals surface area contributed by atoms with Crippen LogP contribution in [0.15, 0.2) is 12.7 Å². The number of nitriles is 1. The molecule has 0 saturated heterocycles. The van der Waals surface area contributed by atoms with E-state index in [1.807, 2.05) is 0 Å². The maximum absolute atomic E-state index is 11.4. The van der Waals surface area contributed by atoms with Crippen molar-refractivity contribution in [3.05, 3.63) is 12.7 Å². The van der Waals surface area contributed by atoms with E-state index >= 15 is 0 Å². The molecule has 1 amide bonds. The van der Waals surface area contributed by atoms with Crippen molar-refractivity contribution in [2.24, 2.45) is 11.8 Å². The van der Waals surface area contributed by atoms with Crippen molar-refractivity contribution in [2.75, 3.05) is 6.54 Å². The molecule has 1 fully saturated rings. The Morgan fingerprint density at radius 3 is 2.76 bits per heavy atom. The molecule has 1 N–H and O–H groups in total. The Balaban J connectivity index is 2.29. The lowest BCUT2D eigenvalue weighted by Crippen LogP contribution is -2.25. The van der Waals surface area contributed by atoms with E-state index in [2.05, 4.69) is 18.0 Å². The summed E-state index contributed by atoms with van der Waals surface area (Å²) in [5, 5.41) is 11.9. The SMILES string of the molecule is C=CCNC(=O)CCC(C#N)C1CCCCC1. The predicted octanol–water partition coefficient (Wildman–Crippen LogP) is 2.79. The third kappa shape index (κ3) is 5.04. The summed E-state index contributed by atoms with van der Waals surface area (Å²) in [6, 6.07) is 2.38. The molecule has 94 valence electrons. The van der Waals surface area contributed by atoms with Gasteiger partial charge in [-0.2, -0.15) is 5.26 Å². The van der Waals surface area contributed by atoms with Crippen LogP contribution in [0.3, 0.4) is 0 Å². The Hall–Kier alpha value is -1.30. The standard InChI is InChI=1S/C14H22N2O/c1-2-10-16-14(17)9-8-13(11-15)12-6-4-3-5-7-12/h2,12-13H,1,3-10H2,(H,16,17). The average molecular weight is 234 g/mol. The highest BCUT2D eigenvalue weighted by Gasteiger charge is 2.23. The molecule has 1 atom stereocenters. The molecule has 0 bridgehead atoms. The zero-order chi connectivity index (χ0) is 12.5. The van der Waals surface area contributed by atoms with Crippen molar-refractivity contribution in [1.29, 1.82) is 5.26 Å². The highest BCUT2D eigenvalue weighted by Crippen LogP contribution is 2.31. The van der Waals surface area contributed by atoms with Crippen LogP contribution in [0.2, 0.25) is 0 Å². The Kier molecular flexibility index (Phi) is 6.39. The number of amides is 1. The van der Waals surface area contributed by atoms with Crippen LogP contribution >= 0.6 is 0 Å². The van der Waals surface area contributed by atoms with Crippen molar-refractivity contribution in [1.82, 2.24) is 5.32 Å². The first kappa shape index (κ1) is 13.8. The van der Waals surface area contributed by atoms with Crippen LogP contribution < -0.4 is 5.32 Å². The van der Waals surface area contributed by atoms with Gasteiger partial charge in [0.1, 0.15) is 0 Å². The molecule has 3 nitrogen and oxygen atoms in total. The van der Waals surface area contributed by atoms with Crippen LogP contribution in [0.5, 0.6) is 0 Å². The third-order valence-corrected chi connectivity index (χ3v) is 3.51. The summed E-state index contributed by atoms with van der Waals surface area (Å²) in [6.45, 7) is 4.06. The van der Waals surface area contributed by atoms with Crippen molar-refractivity contribution in [3.8, 4) is 6.07 Å². The maximum Gasteiger partial charge on any atom is 0.220 e. The van der Waals surface area contributed by atoms with E-state index in [0.717, 1.165) is 12.8 Å². The zero-order valence-corrected chi connectivity index (χ0v) is 10.5. The Morgan fingerprint density at radius 1 is 1.47 bits per heavy atom. The second-order valence-electron chi connectivity index (χ2n) is 4.77. The second-order valence-corrected chi connectivity index (χ2v) is 4.77. The van der Waals surface area contributed by atoms with Crippen LogP contribution in [0.1, 0.15) is 44.9 Å². The molecule has 1 rings (SSSR count). The molecule has 3 heteroatoms. The van der Waals surface area contributed by atoms with Gasteiger partial charge in [0, 0.05) is 18.9 Å². The van der Waals surface area contributed by atoms with E-state index in [9.17, 15) is 4.79 Å². The van der Waals surface area contributed by atoms with E-state index in [4.69, 9.17) is 5.26 Å². The molecule has 0 heterocycles. The smallest absolute Gasteiger partial charge is 0.220 e. The van der Waals surface area contributed by atoms with Gasteiger partial charge in [-0.25, -0.2) is 0 Å². The first-order chi connectivity index (χ1) is 8.27. The van der Waals surface area contributed by atoms with Crippen molar-refractivity contribution in [3.63, 3.8) is 0 Å². The average Bonchev–Trinajstić information content (AvgIpc) is 2.38. The quantitative estimate of drug-likeness (QED) is 0.718. The third-order valence-electron chi connectivity index (χ3n) is 3.51. The zero-order valence-electron chi connectivity index (χ0n) is 10.5. The van der Waals surface area contributed by atoms with Crippen molar-refractivity contribution >= 4 is 5.91 Å². The minimum absolute atomic E-state index is 0.0287. The topological polar surface area (TPSA) is 52.9 Å². The normalized spacial score (nSPS) is 18.1. The van der Waals surface area contributed by atoms with Gasteiger partial charge in [0.2, 0.25) is 5.91 Å². The summed E-state index contributed by atoms with van der Waals surface area (Å²) in [5.41, 5.74) is 0. The number of carbonyl (C=O) groups is 1. The van der Waals surface area contributed by atoms with E-state index in [0.29, 0.717) is 25.3 Å². The molecule has 1 aliphatic rings. The Labute approximate surface area is 104 Å². The fourth-order valence-electron chi connectivity index (χ4n) is 2.50. The maximum atomic E-state index is 11.4. The van der Waals surface area contributed by atoms with Crippen LogP contribution in [0, 0.1) is 23.2 Å². The van der Waals surface area contributed by atoms with Gasteiger partial charge in [-0.1, -0.05) is 25.3 Å². The molecular weight excluding hydrogens is 212 g/mol. The fraction of sp³-hybridized carbons (Fsp3) is 0.714. The number of carbonyl (C=O) groups excluding carboxylic acids is 1. The monoisotopic (exact) mass is 234 g/mol. The van der Waals surface area contributed by atoms with Gasteiger partial charge in [0.25, 0.3) is 0 Å². The van der Waals surface area contributed by atoms with Gasteiger partial charge in [-0.3, -0.25) is 4.79 Å². The first-order valence-corrected chi connectivity index (χ1v) is 6.55. The molecule has 0 radical (unpaired) electrons. The highest BCUT2D eigenvalue weighted by molar-refractivity contribution is 5.76. The summed E-state index contributed by atoms with van der Waals surface area (Å²) in [5.74, 6) is 0.603. The van der Waals surface area contributed by atoms with Crippen molar-refractivity contribution < 1.29 is 4.79 Å². The van der Waals surface area contributed by atoms with Gasteiger partial charge in [0.05, 0.1) is 6.07 Å². The van der Waals surface area contributed by atoms with E-state index < -0.39 is 0 Å². The van der Waals surface area contributed by atoms with Crippen LogP contribution in [-0.4, -0.2) is 12.5 Å². The van der Waals surface area contributed by atoms with Crippen LogP contribution in [0.4, 0.5) is 0 Å². The van der Waals surface area contributed by atoms with E-state index in [-0.39, 0.29) is 11.8 Å². The summed E-state index contributed by atoms with van der Waals surface area (Å²) in [7, 11) is 0. The minimum atomic E-state index is 0.0287. The minimum Gasteiger partial charge on any atom is -0.353 e. The lowest BCUT2D eigenvalue weighted by Gasteiger charge is -2.25. The van der Waals surface area contributed by atoms with Crippen LogP contribution in [-0.2, 0) is 4.79 Å². The molecule has 0 aromatic carbocycles. The van der Waals surface area contributed by atoms with E-state index in [1.54, 1.807) is 6.08 Å². The molecular formula is C14H22N2O. The van der Waals surface area contributed by atoms with Gasteiger partial charge in [-0.05, 0) is 25.2 Å². The number of hydrogen-bond donors (Lipinski definition) is 1. The molecule has 0 aliphatic heterocycles. The predicted molar refractivity (Wildman–Crippen MR) is 68.1 cm³/mol. The summed E-state index contributed by atoms with van der Waals surface area (Å²) in [4.78, 5) is 11.4. The largest absolute Gasteiger partial charge is 0.353 e. The van der Waals surface area contributed by atoms with Gasteiger partial charge < -0.3 is 5.32 Å². The number of hydrogen-bond acceptors (Lipinski definition) is 2. The molecule has 1 saturated carbocycles. The Bertz CT molecular complexity index is 287. The Morgan fingerprint density at radius 2 is 2.18 bits per heavy atom. The number of rotatable bonds is 6. The number of nitrogens with zero attached hydrogens (tertiary/aromatic N) is 1. The second kappa shape index (κ2) is 7.89. The molecule has 1 aliphatic carbocycles. The molecule has 1 unspecified atom stereocenters. The summed E-state index contributed by atoms with van der Waals surface area (Å²) >= 11 is 0. The molecule has 0 spiro atoms. The van der Waals surface area contributed by atoms with Gasteiger partial charge >= 0.3 is 0 Å². The molecule has 17 heavy (non-hydrogen) atoms. The molecule has 0 aromatic rings. The highest BCUT2D eigenvalue weighted by atomic mass is 16.1. The number of nitrogens with one attached hydrogen (secondary N) is 1. The summed E-state index contributed by atoms with van der Waals surface area (Å²) in [6.07, 6.45) is 8.93. The van der Waals surface area contributed by atoms with Gasteiger partial charge in [-0.15, -0.1) is 6.58 Å². The van der Waals surface area contributed by atoms with Crippen molar-refractivity contribution in [2.45, 2.75) is 44.9 Å². The lowest BCUT2D eigenvalue weighted by molar-refractivity contribution is -0.121. The first-order valence-electron chi connectivity index (χ1n) is 6.55. The van der Waals surface area contributed by atoms with E-state index in [1.165, 1.54) is 19.3 Å². The van der Waals surface area contributed by atoms with Gasteiger partial charge in [0.15, 0.2) is 0 Å².